The van der Waals surface area contributed by atoms with Crippen molar-refractivity contribution < 1.29 is 23.4 Å². The Hall–Kier alpha value is -5.04. The normalized spacial score (nSPS) is 15.6. The molecule has 0 bridgehead atoms. The highest BCUT2D eigenvalue weighted by Crippen LogP contribution is 2.41. The topological polar surface area (TPSA) is 78.2 Å². The van der Waals surface area contributed by atoms with E-state index < -0.39 is 6.04 Å². The second kappa shape index (κ2) is 9.06. The average Bonchev–Trinajstić information content (AvgIpc) is 3.52. The molecule has 4 aromatic carbocycles. The number of carbonyl (C=O) groups is 1. The van der Waals surface area contributed by atoms with Crippen LogP contribution in [0.2, 0.25) is 0 Å². The van der Waals surface area contributed by atoms with Gasteiger partial charge < -0.3 is 23.5 Å². The van der Waals surface area contributed by atoms with Gasteiger partial charge >= 0.3 is 0 Å². The second-order valence-corrected chi connectivity index (χ2v) is 9.68. The van der Waals surface area contributed by atoms with E-state index in [1.807, 2.05) is 85.8 Å². The molecule has 0 N–H and O–H groups in total. The van der Waals surface area contributed by atoms with Crippen molar-refractivity contribution in [3.05, 3.63) is 129 Å². The Labute approximate surface area is 223 Å². The molecule has 0 saturated heterocycles. The molecule has 2 aliphatic heterocycles. The maximum atomic E-state index is 13.9. The Morgan fingerprint density at radius 1 is 0.846 bits per heavy atom. The van der Waals surface area contributed by atoms with Gasteiger partial charge in [0.1, 0.15) is 17.1 Å². The predicted molar refractivity (Wildman–Crippen MR) is 144 cm³/mol. The lowest BCUT2D eigenvalue weighted by molar-refractivity contribution is 0.0714. The smallest absolute Gasteiger partial charge is 0.291 e. The molecule has 2 aliphatic rings. The van der Waals surface area contributed by atoms with E-state index in [0.29, 0.717) is 39.5 Å². The minimum atomic E-state index is -0.668. The lowest BCUT2D eigenvalue weighted by Gasteiger charge is -2.25. The third-order valence-electron chi connectivity index (χ3n) is 7.06. The van der Waals surface area contributed by atoms with Crippen LogP contribution in [0.15, 0.2) is 100 Å². The van der Waals surface area contributed by atoms with Crippen molar-refractivity contribution in [3.63, 3.8) is 0 Å². The fraction of sp³-hybridized carbons (Fsp3) is 0.125. The number of fused-ring (bicyclic) bond motifs is 3. The number of benzene rings is 4. The molecular formula is C32H23NO6. The zero-order valence-electron chi connectivity index (χ0n) is 21.0. The van der Waals surface area contributed by atoms with Gasteiger partial charge in [0, 0.05) is 6.54 Å². The molecular weight excluding hydrogens is 494 g/mol. The van der Waals surface area contributed by atoms with Gasteiger partial charge in [-0.05, 0) is 66.6 Å². The number of ether oxygens (including phenoxy) is 3. The van der Waals surface area contributed by atoms with E-state index in [1.54, 1.807) is 17.0 Å². The quantitative estimate of drug-likeness (QED) is 0.270. The third kappa shape index (κ3) is 3.99. The average molecular weight is 518 g/mol. The summed E-state index contributed by atoms with van der Waals surface area (Å²) in [5.74, 6) is 2.30. The Balaban J connectivity index is 1.36. The van der Waals surface area contributed by atoms with Gasteiger partial charge in [-0.1, -0.05) is 48.0 Å². The molecule has 5 aromatic rings. The summed E-state index contributed by atoms with van der Waals surface area (Å²) < 4.78 is 23.2. The van der Waals surface area contributed by atoms with E-state index in [2.05, 4.69) is 0 Å². The van der Waals surface area contributed by atoms with Gasteiger partial charge in [0.05, 0.1) is 17.0 Å². The highest BCUT2D eigenvalue weighted by molar-refractivity contribution is 5.99. The molecule has 0 radical (unpaired) electrons. The molecule has 0 spiro atoms. The van der Waals surface area contributed by atoms with Crippen LogP contribution in [0.1, 0.15) is 38.9 Å². The maximum absolute atomic E-state index is 13.9. The molecule has 0 saturated carbocycles. The summed E-state index contributed by atoms with van der Waals surface area (Å²) in [5, 5.41) is 0.452. The first-order chi connectivity index (χ1) is 19.0. The van der Waals surface area contributed by atoms with Crippen molar-refractivity contribution in [2.45, 2.75) is 19.5 Å². The van der Waals surface area contributed by atoms with Gasteiger partial charge in [0.15, 0.2) is 16.9 Å². The Morgan fingerprint density at radius 3 is 2.54 bits per heavy atom. The number of aryl methyl sites for hydroxylation is 1. The summed E-state index contributed by atoms with van der Waals surface area (Å²) in [6, 6.07) is 27.3. The predicted octanol–water partition coefficient (Wildman–Crippen LogP) is 6.37. The number of hydrogen-bond donors (Lipinski definition) is 0. The molecule has 0 aliphatic carbocycles. The summed E-state index contributed by atoms with van der Waals surface area (Å²) in [6.45, 7) is 2.32. The van der Waals surface area contributed by atoms with Crippen molar-refractivity contribution >= 4 is 16.9 Å². The Morgan fingerprint density at radius 2 is 1.67 bits per heavy atom. The molecule has 1 aromatic heterocycles. The van der Waals surface area contributed by atoms with E-state index in [4.69, 9.17) is 18.6 Å². The first-order valence-corrected chi connectivity index (χ1v) is 12.6. The Kier molecular flexibility index (Phi) is 5.37. The third-order valence-corrected chi connectivity index (χ3v) is 7.06. The number of rotatable bonds is 5. The molecule has 1 amide bonds. The fourth-order valence-electron chi connectivity index (χ4n) is 5.25. The van der Waals surface area contributed by atoms with Crippen LogP contribution in [0.5, 0.6) is 23.0 Å². The van der Waals surface area contributed by atoms with Crippen molar-refractivity contribution in [2.24, 2.45) is 0 Å². The summed E-state index contributed by atoms with van der Waals surface area (Å²) in [6.07, 6.45) is 0. The van der Waals surface area contributed by atoms with Crippen LogP contribution < -0.4 is 19.6 Å². The zero-order chi connectivity index (χ0) is 26.5. The number of nitrogens with zero attached hydrogens (tertiary/aromatic N) is 1. The summed E-state index contributed by atoms with van der Waals surface area (Å²) >= 11 is 0. The van der Waals surface area contributed by atoms with Crippen LogP contribution >= 0.6 is 0 Å². The van der Waals surface area contributed by atoms with Crippen LogP contribution in [-0.4, -0.2) is 17.6 Å². The van der Waals surface area contributed by atoms with E-state index >= 15 is 0 Å². The van der Waals surface area contributed by atoms with Crippen LogP contribution in [0.25, 0.3) is 11.0 Å². The van der Waals surface area contributed by atoms with Crippen LogP contribution in [0, 0.1) is 6.92 Å². The second-order valence-electron chi connectivity index (χ2n) is 9.68. The largest absolute Gasteiger partial charge is 0.457 e. The first kappa shape index (κ1) is 23.1. The van der Waals surface area contributed by atoms with E-state index in [-0.39, 0.29) is 30.4 Å². The van der Waals surface area contributed by atoms with Gasteiger partial charge in [-0.25, -0.2) is 0 Å². The van der Waals surface area contributed by atoms with Gasteiger partial charge in [0.2, 0.25) is 12.6 Å². The number of amides is 1. The standard InChI is InChI=1S/C32H23NO6/c1-19-10-12-25-24(14-19)30(34)28-29(21-6-5-9-23(16-21)38-22-7-3-2-4-8-22)33(32(35)31(28)39-25)17-20-11-13-26-27(15-20)37-18-36-26/h2-16,29H,17-18H2,1H3. The lowest BCUT2D eigenvalue weighted by Crippen LogP contribution is -2.29. The van der Waals surface area contributed by atoms with Crippen LogP contribution in [0.4, 0.5) is 0 Å². The molecule has 7 heteroatoms. The minimum absolute atomic E-state index is 0.0662. The lowest BCUT2D eigenvalue weighted by atomic mass is 9.97. The minimum Gasteiger partial charge on any atom is -0.457 e. The van der Waals surface area contributed by atoms with Crippen molar-refractivity contribution in [3.8, 4) is 23.0 Å². The number of hydrogen-bond acceptors (Lipinski definition) is 6. The number of carbonyl (C=O) groups excluding carboxylic acids is 1. The van der Waals surface area contributed by atoms with Crippen LogP contribution in [-0.2, 0) is 6.54 Å². The van der Waals surface area contributed by atoms with E-state index in [1.165, 1.54) is 0 Å². The van der Waals surface area contributed by atoms with Crippen molar-refractivity contribution in [1.82, 2.24) is 4.90 Å². The van der Waals surface area contributed by atoms with E-state index in [0.717, 1.165) is 16.7 Å². The van der Waals surface area contributed by atoms with Crippen molar-refractivity contribution in [1.29, 1.82) is 0 Å². The van der Waals surface area contributed by atoms with Gasteiger partial charge in [0.25, 0.3) is 5.91 Å². The highest BCUT2D eigenvalue weighted by Gasteiger charge is 2.43. The molecule has 3 heterocycles. The molecule has 7 nitrogen and oxygen atoms in total. The molecule has 1 unspecified atom stereocenters. The summed E-state index contributed by atoms with van der Waals surface area (Å²) in [4.78, 5) is 29.5. The molecule has 7 rings (SSSR count). The van der Waals surface area contributed by atoms with Gasteiger partial charge in [-0.15, -0.1) is 0 Å². The van der Waals surface area contributed by atoms with Gasteiger partial charge in [-0.2, -0.15) is 0 Å². The highest BCUT2D eigenvalue weighted by atomic mass is 16.7. The summed E-state index contributed by atoms with van der Waals surface area (Å²) in [5.41, 5.74) is 3.03. The number of para-hydroxylation sites is 1. The van der Waals surface area contributed by atoms with Gasteiger partial charge in [-0.3, -0.25) is 9.59 Å². The monoisotopic (exact) mass is 517 g/mol. The summed E-state index contributed by atoms with van der Waals surface area (Å²) in [7, 11) is 0. The molecule has 1 atom stereocenters. The first-order valence-electron chi connectivity index (χ1n) is 12.6. The van der Waals surface area contributed by atoms with E-state index in [9.17, 15) is 9.59 Å². The van der Waals surface area contributed by atoms with Crippen molar-refractivity contribution in [2.75, 3.05) is 6.79 Å². The zero-order valence-corrected chi connectivity index (χ0v) is 21.0. The molecule has 192 valence electrons. The Bertz CT molecular complexity index is 1810. The maximum Gasteiger partial charge on any atom is 0.291 e. The molecule has 39 heavy (non-hydrogen) atoms. The SMILES string of the molecule is Cc1ccc2oc3c(c(=O)c2c1)C(c1cccc(Oc2ccccc2)c1)N(Cc1ccc2c(c1)OCO2)C3=O. The van der Waals surface area contributed by atoms with Crippen LogP contribution in [0.3, 0.4) is 0 Å². The molecule has 0 fully saturated rings. The fourth-order valence-corrected chi connectivity index (χ4v) is 5.25.